The molecule has 0 N–H and O–H groups in total. The Morgan fingerprint density at radius 3 is 2.31 bits per heavy atom. The van der Waals surface area contributed by atoms with E-state index in [-0.39, 0.29) is 17.1 Å². The zero-order valence-corrected chi connectivity index (χ0v) is 17.1. The van der Waals surface area contributed by atoms with Crippen LogP contribution in [0.2, 0.25) is 0 Å². The molecule has 150 valence electrons. The van der Waals surface area contributed by atoms with Gasteiger partial charge in [-0.2, -0.15) is 0 Å². The highest BCUT2D eigenvalue weighted by molar-refractivity contribution is 6.23. The second kappa shape index (κ2) is 8.22. The van der Waals surface area contributed by atoms with Crippen LogP contribution in [0.25, 0.3) is 6.08 Å². The lowest BCUT2D eigenvalue weighted by Gasteiger charge is -2.18. The number of allylic oxidation sites excluding steroid dienone is 1. The summed E-state index contributed by atoms with van der Waals surface area (Å²) in [6.45, 7) is 3.69. The van der Waals surface area contributed by atoms with E-state index in [0.29, 0.717) is 28.4 Å². The van der Waals surface area contributed by atoms with Crippen molar-refractivity contribution in [2.24, 2.45) is 0 Å². The van der Waals surface area contributed by atoms with Crippen molar-refractivity contribution >= 4 is 23.6 Å². The highest BCUT2D eigenvalue weighted by Crippen LogP contribution is 2.36. The summed E-state index contributed by atoms with van der Waals surface area (Å²) >= 11 is 0. The fraction of sp³-hybridized carbons (Fsp3) is 0.217. The average Bonchev–Trinajstić information content (AvgIpc) is 2.96. The second-order valence-electron chi connectivity index (χ2n) is 6.60. The van der Waals surface area contributed by atoms with Gasteiger partial charge in [0, 0.05) is 11.4 Å². The van der Waals surface area contributed by atoms with Gasteiger partial charge in [-0.1, -0.05) is 18.2 Å². The predicted octanol–water partition coefficient (Wildman–Crippen LogP) is 3.89. The number of hydrogen-bond donors (Lipinski definition) is 0. The normalized spacial score (nSPS) is 15.1. The fourth-order valence-electron chi connectivity index (χ4n) is 3.37. The van der Waals surface area contributed by atoms with Gasteiger partial charge in [0.15, 0.2) is 11.5 Å². The Bertz CT molecular complexity index is 1040. The summed E-state index contributed by atoms with van der Waals surface area (Å²) in [5.74, 6) is 0.262. The van der Waals surface area contributed by atoms with E-state index in [9.17, 15) is 9.59 Å². The zero-order chi connectivity index (χ0) is 21.1. The number of carbonyl (C=O) groups is 2. The Balaban J connectivity index is 2.13. The maximum Gasteiger partial charge on any atom is 0.340 e. The molecule has 1 amide bonds. The van der Waals surface area contributed by atoms with E-state index in [0.717, 1.165) is 5.56 Å². The van der Waals surface area contributed by atoms with Gasteiger partial charge in [0.2, 0.25) is 0 Å². The minimum Gasteiger partial charge on any atom is -0.493 e. The number of nitrogens with zero attached hydrogens (tertiary/aromatic N) is 1. The molecule has 0 saturated carbocycles. The van der Waals surface area contributed by atoms with Gasteiger partial charge in [0.25, 0.3) is 5.91 Å². The third-order valence-corrected chi connectivity index (χ3v) is 4.77. The van der Waals surface area contributed by atoms with Gasteiger partial charge in [-0.3, -0.25) is 9.69 Å². The van der Waals surface area contributed by atoms with Gasteiger partial charge in [0.1, 0.15) is 0 Å². The van der Waals surface area contributed by atoms with Crippen molar-refractivity contribution < 1.29 is 23.8 Å². The number of esters is 1. The molecule has 0 saturated heterocycles. The number of benzene rings is 2. The summed E-state index contributed by atoms with van der Waals surface area (Å²) in [7, 11) is 4.40. The highest BCUT2D eigenvalue weighted by Gasteiger charge is 2.37. The zero-order valence-electron chi connectivity index (χ0n) is 17.1. The number of methoxy groups -OCH3 is 3. The van der Waals surface area contributed by atoms with Crippen LogP contribution in [-0.2, 0) is 14.3 Å². The van der Waals surface area contributed by atoms with Crippen molar-refractivity contribution in [2.75, 3.05) is 26.2 Å². The molecule has 0 unspecified atom stereocenters. The van der Waals surface area contributed by atoms with Crippen LogP contribution >= 0.6 is 0 Å². The van der Waals surface area contributed by atoms with Crippen LogP contribution in [0.4, 0.5) is 5.69 Å². The molecule has 1 aliphatic rings. The molecule has 1 heterocycles. The fourth-order valence-corrected chi connectivity index (χ4v) is 3.37. The van der Waals surface area contributed by atoms with Gasteiger partial charge in [0.05, 0.1) is 32.5 Å². The van der Waals surface area contributed by atoms with E-state index in [1.54, 1.807) is 45.4 Å². The monoisotopic (exact) mass is 393 g/mol. The number of aryl methyl sites for hydroxylation is 1. The lowest BCUT2D eigenvalue weighted by atomic mass is 10.0. The third kappa shape index (κ3) is 3.74. The van der Waals surface area contributed by atoms with Crippen molar-refractivity contribution in [3.05, 3.63) is 70.4 Å². The summed E-state index contributed by atoms with van der Waals surface area (Å²) < 4.78 is 15.5. The summed E-state index contributed by atoms with van der Waals surface area (Å²) in [4.78, 5) is 27.3. The van der Waals surface area contributed by atoms with Crippen LogP contribution in [0.5, 0.6) is 11.5 Å². The number of amides is 1. The molecule has 2 aromatic rings. The van der Waals surface area contributed by atoms with Crippen LogP contribution in [-0.4, -0.2) is 33.2 Å². The minimum atomic E-state index is -0.558. The van der Waals surface area contributed by atoms with Crippen LogP contribution in [0.15, 0.2) is 59.3 Å². The quantitative estimate of drug-likeness (QED) is 0.570. The van der Waals surface area contributed by atoms with Crippen molar-refractivity contribution in [1.82, 2.24) is 0 Å². The average molecular weight is 393 g/mol. The molecule has 6 heteroatoms. The van der Waals surface area contributed by atoms with E-state index < -0.39 is 5.97 Å². The molecule has 0 aromatic heterocycles. The van der Waals surface area contributed by atoms with E-state index in [4.69, 9.17) is 14.2 Å². The highest BCUT2D eigenvalue weighted by atomic mass is 16.5. The van der Waals surface area contributed by atoms with Gasteiger partial charge >= 0.3 is 5.97 Å². The Labute approximate surface area is 170 Å². The van der Waals surface area contributed by atoms with Gasteiger partial charge in [-0.05, 0) is 55.3 Å². The Hall–Kier alpha value is -3.54. The van der Waals surface area contributed by atoms with E-state index >= 15 is 0 Å². The summed E-state index contributed by atoms with van der Waals surface area (Å²) in [6.07, 6.45) is 1.66. The second-order valence-corrected chi connectivity index (χ2v) is 6.60. The first-order chi connectivity index (χ1) is 13.9. The molecule has 0 atom stereocenters. The summed E-state index contributed by atoms with van der Waals surface area (Å²) in [5.41, 5.74) is 3.45. The molecule has 0 aliphatic carbocycles. The maximum atomic E-state index is 13.3. The van der Waals surface area contributed by atoms with Crippen molar-refractivity contribution in [1.29, 1.82) is 0 Å². The number of anilines is 1. The third-order valence-electron chi connectivity index (χ3n) is 4.77. The number of ether oxygens (including phenoxy) is 3. The van der Waals surface area contributed by atoms with E-state index in [2.05, 4.69) is 0 Å². The molecule has 6 nitrogen and oxygen atoms in total. The smallest absolute Gasteiger partial charge is 0.340 e. The molecular weight excluding hydrogens is 370 g/mol. The molecule has 2 aromatic carbocycles. The van der Waals surface area contributed by atoms with Crippen molar-refractivity contribution in [3.8, 4) is 11.5 Å². The Kier molecular flexibility index (Phi) is 5.73. The predicted molar refractivity (Wildman–Crippen MR) is 111 cm³/mol. The minimum absolute atomic E-state index is 0.244. The molecule has 0 fully saturated rings. The standard InChI is InChI=1S/C23H23NO5/c1-14-7-6-8-17(11-14)24-15(2)21(23(26)29-5)18(22(24)25)12-16-9-10-19(27-3)20(13-16)28-4/h6-13H,1-5H3/b18-12-. The summed E-state index contributed by atoms with van der Waals surface area (Å²) in [6, 6.07) is 12.8. The summed E-state index contributed by atoms with van der Waals surface area (Å²) in [5, 5.41) is 0. The van der Waals surface area contributed by atoms with E-state index in [1.807, 2.05) is 31.2 Å². The van der Waals surface area contributed by atoms with Gasteiger partial charge < -0.3 is 14.2 Å². The first-order valence-corrected chi connectivity index (χ1v) is 9.05. The largest absolute Gasteiger partial charge is 0.493 e. The SMILES string of the molecule is COC(=O)C1=C(C)N(c2cccc(C)c2)C(=O)/C1=C\c1ccc(OC)c(OC)c1. The van der Waals surface area contributed by atoms with Crippen molar-refractivity contribution in [3.63, 3.8) is 0 Å². The molecule has 0 bridgehead atoms. The molecule has 1 aliphatic heterocycles. The first kappa shape index (κ1) is 20.2. The number of hydrogen-bond acceptors (Lipinski definition) is 5. The molecule has 29 heavy (non-hydrogen) atoms. The van der Waals surface area contributed by atoms with Gasteiger partial charge in [-0.15, -0.1) is 0 Å². The van der Waals surface area contributed by atoms with Gasteiger partial charge in [-0.25, -0.2) is 4.79 Å². The molecular formula is C23H23NO5. The van der Waals surface area contributed by atoms with Crippen LogP contribution in [0.3, 0.4) is 0 Å². The number of carbonyl (C=O) groups excluding carboxylic acids is 2. The van der Waals surface area contributed by atoms with E-state index in [1.165, 1.54) is 12.0 Å². The lowest BCUT2D eigenvalue weighted by molar-refractivity contribution is -0.136. The Morgan fingerprint density at radius 2 is 1.69 bits per heavy atom. The van der Waals surface area contributed by atoms with Crippen molar-refractivity contribution in [2.45, 2.75) is 13.8 Å². The maximum absolute atomic E-state index is 13.3. The Morgan fingerprint density at radius 1 is 0.966 bits per heavy atom. The lowest BCUT2D eigenvalue weighted by Crippen LogP contribution is -2.24. The molecule has 0 radical (unpaired) electrons. The first-order valence-electron chi connectivity index (χ1n) is 9.05. The molecule has 0 spiro atoms. The van der Waals surface area contributed by atoms with Crippen LogP contribution < -0.4 is 14.4 Å². The topological polar surface area (TPSA) is 65.1 Å². The number of rotatable bonds is 5. The van der Waals surface area contributed by atoms with Crippen LogP contribution in [0.1, 0.15) is 18.1 Å². The van der Waals surface area contributed by atoms with Crippen LogP contribution in [0, 0.1) is 6.92 Å². The molecule has 3 rings (SSSR count).